The molecule has 0 aromatic heterocycles. The average Bonchev–Trinajstić information content (AvgIpc) is 2.35. The average molecular weight is 309 g/mol. The molecule has 122 valence electrons. The first-order chi connectivity index (χ1) is 9.62. The van der Waals surface area contributed by atoms with Crippen molar-refractivity contribution in [1.82, 2.24) is 0 Å². The third-order valence-corrected chi connectivity index (χ3v) is 11.5. The number of hydrogen-bond donors (Lipinski definition) is 0. The van der Waals surface area contributed by atoms with Gasteiger partial charge in [-0.2, -0.15) is 0 Å². The highest BCUT2D eigenvalue weighted by Crippen LogP contribution is 2.46. The summed E-state index contributed by atoms with van der Waals surface area (Å²) >= 11 is 0. The zero-order valence-electron chi connectivity index (χ0n) is 15.5. The number of allylic oxidation sites excluding steroid dienone is 3. The van der Waals surface area contributed by atoms with Crippen LogP contribution in [-0.2, 0) is 4.43 Å². The molecule has 0 heterocycles. The van der Waals surface area contributed by atoms with Gasteiger partial charge < -0.3 is 4.43 Å². The molecule has 1 nitrogen and oxygen atoms in total. The molecule has 2 heteroatoms. The Hall–Kier alpha value is -0.503. The first kappa shape index (κ1) is 18.5. The minimum absolute atomic E-state index is 0.613. The van der Waals surface area contributed by atoms with Crippen LogP contribution in [-0.4, -0.2) is 8.32 Å². The van der Waals surface area contributed by atoms with Crippen LogP contribution >= 0.6 is 0 Å². The summed E-state index contributed by atoms with van der Waals surface area (Å²) < 4.78 is 6.93. The van der Waals surface area contributed by atoms with E-state index in [0.717, 1.165) is 6.42 Å². The Morgan fingerprint density at radius 1 is 1.10 bits per heavy atom. The second-order valence-corrected chi connectivity index (χ2v) is 13.3. The number of rotatable bonds is 6. The Bertz CT molecular complexity index is 382. The van der Waals surface area contributed by atoms with Crippen molar-refractivity contribution in [3.63, 3.8) is 0 Å². The van der Waals surface area contributed by atoms with Crippen LogP contribution < -0.4 is 0 Å². The van der Waals surface area contributed by atoms with E-state index in [2.05, 4.69) is 62.0 Å². The van der Waals surface area contributed by atoms with E-state index in [9.17, 15) is 0 Å². The molecule has 0 spiro atoms. The fourth-order valence-electron chi connectivity index (χ4n) is 4.15. The lowest BCUT2D eigenvalue weighted by molar-refractivity contribution is 0.311. The van der Waals surface area contributed by atoms with Gasteiger partial charge in [-0.1, -0.05) is 53.7 Å². The first-order valence-corrected chi connectivity index (χ1v) is 10.8. The summed E-state index contributed by atoms with van der Waals surface area (Å²) in [6.45, 7) is 22.8. The Labute approximate surface area is 134 Å². The van der Waals surface area contributed by atoms with Gasteiger partial charge in [0.05, 0.1) is 5.76 Å². The van der Waals surface area contributed by atoms with Crippen LogP contribution in [0.15, 0.2) is 23.5 Å². The van der Waals surface area contributed by atoms with E-state index in [1.165, 1.54) is 29.7 Å². The lowest BCUT2D eigenvalue weighted by Gasteiger charge is -2.44. The Morgan fingerprint density at radius 3 is 1.95 bits per heavy atom. The highest BCUT2D eigenvalue weighted by molar-refractivity contribution is 6.77. The maximum absolute atomic E-state index is 6.93. The molecule has 0 N–H and O–H groups in total. The minimum atomic E-state index is -1.81. The van der Waals surface area contributed by atoms with Crippen molar-refractivity contribution < 1.29 is 4.43 Å². The lowest BCUT2D eigenvalue weighted by Crippen LogP contribution is -2.48. The van der Waals surface area contributed by atoms with Gasteiger partial charge >= 0.3 is 0 Å². The Balaban J connectivity index is 3.10. The molecule has 1 aliphatic carbocycles. The molecule has 0 bridgehead atoms. The maximum Gasteiger partial charge on any atom is 0.258 e. The molecule has 0 radical (unpaired) electrons. The summed E-state index contributed by atoms with van der Waals surface area (Å²) in [5, 5.41) is 0. The van der Waals surface area contributed by atoms with Gasteiger partial charge in [-0.15, -0.1) is 0 Å². The van der Waals surface area contributed by atoms with Crippen molar-refractivity contribution in [3.8, 4) is 0 Å². The van der Waals surface area contributed by atoms with E-state index in [4.69, 9.17) is 4.43 Å². The van der Waals surface area contributed by atoms with Crippen molar-refractivity contribution in [3.05, 3.63) is 23.5 Å². The van der Waals surface area contributed by atoms with Gasteiger partial charge in [-0.3, -0.25) is 0 Å². The van der Waals surface area contributed by atoms with E-state index in [0.29, 0.717) is 22.5 Å². The molecule has 1 aliphatic rings. The molecular weight excluding hydrogens is 272 g/mol. The van der Waals surface area contributed by atoms with Gasteiger partial charge in [-0.05, 0) is 54.8 Å². The highest BCUT2D eigenvalue weighted by atomic mass is 28.4. The molecule has 0 amide bonds. The Morgan fingerprint density at radius 2 is 1.57 bits per heavy atom. The van der Waals surface area contributed by atoms with Crippen LogP contribution in [0.3, 0.4) is 0 Å². The van der Waals surface area contributed by atoms with Gasteiger partial charge in [0.2, 0.25) is 0 Å². The summed E-state index contributed by atoms with van der Waals surface area (Å²) in [5.74, 6) is 1.92. The summed E-state index contributed by atoms with van der Waals surface area (Å²) in [6.07, 6.45) is 3.49. The molecule has 0 aromatic rings. The van der Waals surface area contributed by atoms with Crippen LogP contribution in [0, 0.1) is 5.92 Å². The maximum atomic E-state index is 6.93. The minimum Gasteiger partial charge on any atom is -0.546 e. The third kappa shape index (κ3) is 3.83. The first-order valence-electron chi connectivity index (χ1n) is 8.65. The second-order valence-electron chi connectivity index (χ2n) is 7.91. The second kappa shape index (κ2) is 7.17. The van der Waals surface area contributed by atoms with Gasteiger partial charge in [0.25, 0.3) is 8.32 Å². The third-order valence-electron chi connectivity index (χ3n) is 5.48. The summed E-state index contributed by atoms with van der Waals surface area (Å²) in [7, 11) is -1.81. The van der Waals surface area contributed by atoms with Crippen molar-refractivity contribution in [2.24, 2.45) is 5.92 Å². The predicted molar refractivity (Wildman–Crippen MR) is 97.0 cm³/mol. The van der Waals surface area contributed by atoms with Crippen molar-refractivity contribution in [2.75, 3.05) is 0 Å². The highest BCUT2D eigenvalue weighted by Gasteiger charge is 2.47. The van der Waals surface area contributed by atoms with Crippen LogP contribution in [0.2, 0.25) is 16.6 Å². The Kier molecular flexibility index (Phi) is 6.33. The zero-order chi connectivity index (χ0) is 16.4. The summed E-state index contributed by atoms with van der Waals surface area (Å²) in [4.78, 5) is 0. The molecule has 0 aliphatic heterocycles. The van der Waals surface area contributed by atoms with Gasteiger partial charge in [0.1, 0.15) is 0 Å². The lowest BCUT2D eigenvalue weighted by atomic mass is 9.85. The van der Waals surface area contributed by atoms with Gasteiger partial charge in [-0.25, -0.2) is 0 Å². The number of hydrogen-bond acceptors (Lipinski definition) is 1. The fraction of sp³-hybridized carbons (Fsp3) is 0.789. The van der Waals surface area contributed by atoms with Crippen molar-refractivity contribution >= 4 is 8.32 Å². The molecule has 1 rings (SSSR count). The quantitative estimate of drug-likeness (QED) is 0.386. The smallest absolute Gasteiger partial charge is 0.258 e. The van der Waals surface area contributed by atoms with Crippen molar-refractivity contribution in [2.45, 2.75) is 91.3 Å². The van der Waals surface area contributed by atoms with Crippen LogP contribution in [0.25, 0.3) is 0 Å². The molecule has 0 aromatic carbocycles. The normalized spacial score (nSPS) is 20.6. The standard InChI is InChI=1S/C19H36OSi/c1-13(2)18-11-10-17(9)19(12-18)20-21(14(3)4,15(5)6)16(7)8/h14-16,18H,1,10-12H2,2-9H3/t18-/m1/s1. The van der Waals surface area contributed by atoms with Crippen LogP contribution in [0.5, 0.6) is 0 Å². The van der Waals surface area contributed by atoms with E-state index in [1.54, 1.807) is 0 Å². The summed E-state index contributed by atoms with van der Waals surface area (Å²) in [6, 6.07) is 0. The van der Waals surface area contributed by atoms with Gasteiger partial charge in [0, 0.05) is 6.42 Å². The monoisotopic (exact) mass is 308 g/mol. The zero-order valence-corrected chi connectivity index (χ0v) is 16.5. The molecular formula is C19H36OSi. The largest absolute Gasteiger partial charge is 0.546 e. The van der Waals surface area contributed by atoms with Crippen LogP contribution in [0.4, 0.5) is 0 Å². The molecule has 0 unspecified atom stereocenters. The molecule has 0 saturated carbocycles. The summed E-state index contributed by atoms with van der Waals surface area (Å²) in [5.41, 5.74) is 4.72. The van der Waals surface area contributed by atoms with E-state index in [1.807, 2.05) is 0 Å². The molecule has 1 atom stereocenters. The van der Waals surface area contributed by atoms with E-state index in [-0.39, 0.29) is 0 Å². The van der Waals surface area contributed by atoms with Crippen LogP contribution in [0.1, 0.15) is 74.7 Å². The van der Waals surface area contributed by atoms with Crippen molar-refractivity contribution in [1.29, 1.82) is 0 Å². The van der Waals surface area contributed by atoms with E-state index < -0.39 is 8.32 Å². The predicted octanol–water partition coefficient (Wildman–Crippen LogP) is 6.83. The topological polar surface area (TPSA) is 9.23 Å². The molecule has 0 fully saturated rings. The SMILES string of the molecule is C=C(C)[C@@H]1CCC(C)=C(O[Si](C(C)C)(C(C)C)C(C)C)C1. The van der Waals surface area contributed by atoms with Gasteiger partial charge in [0.15, 0.2) is 0 Å². The molecule has 0 saturated heterocycles. The molecule has 21 heavy (non-hydrogen) atoms. The fourth-order valence-corrected chi connectivity index (χ4v) is 9.54. The van der Waals surface area contributed by atoms with E-state index >= 15 is 0 Å².